The lowest BCUT2D eigenvalue weighted by molar-refractivity contribution is -0.184. The normalized spacial score (nSPS) is 13.3. The third-order valence-electron chi connectivity index (χ3n) is 2.59. The van der Waals surface area contributed by atoms with E-state index in [9.17, 15) is 9.59 Å². The van der Waals surface area contributed by atoms with Gasteiger partial charge < -0.3 is 29.4 Å². The summed E-state index contributed by atoms with van der Waals surface area (Å²) in [6, 6.07) is 0. The Morgan fingerprint density at radius 3 is 2.59 bits per heavy atom. The molecule has 8 nitrogen and oxygen atoms in total. The molecule has 0 rings (SSSR count). The number of hydrogen-bond acceptors (Lipinski definition) is 8. The average Bonchev–Trinajstić information content (AvgIpc) is 2.53. The molecule has 0 aliphatic heterocycles. The Labute approximate surface area is 135 Å². The monoisotopic (exact) mass is 339 g/mol. The molecule has 0 spiro atoms. The van der Waals surface area contributed by atoms with Crippen molar-refractivity contribution in [2.24, 2.45) is 0 Å². The number of ether oxygens (including phenoxy) is 4. The first-order chi connectivity index (χ1) is 10.6. The molecule has 0 aliphatic rings. The number of thiol groups is 1. The van der Waals surface area contributed by atoms with Crippen molar-refractivity contribution < 1.29 is 33.6 Å². The largest absolute Gasteiger partial charge is 0.508 e. The van der Waals surface area contributed by atoms with Gasteiger partial charge in [-0.15, -0.1) is 0 Å². The highest BCUT2D eigenvalue weighted by atomic mass is 32.1. The van der Waals surface area contributed by atoms with Crippen LogP contribution in [0.2, 0.25) is 0 Å². The Balaban J connectivity index is 3.84. The van der Waals surface area contributed by atoms with Crippen molar-refractivity contribution in [3.63, 3.8) is 0 Å². The van der Waals surface area contributed by atoms with E-state index in [0.717, 1.165) is 0 Å². The van der Waals surface area contributed by atoms with E-state index in [-0.39, 0.29) is 38.3 Å². The van der Waals surface area contributed by atoms with Crippen LogP contribution in [0.4, 0.5) is 4.79 Å². The van der Waals surface area contributed by atoms with Crippen molar-refractivity contribution in [1.82, 2.24) is 5.32 Å². The molecule has 9 heteroatoms. The summed E-state index contributed by atoms with van der Waals surface area (Å²) in [7, 11) is 1.40. The molecule has 2 unspecified atom stereocenters. The first-order valence-corrected chi connectivity index (χ1v) is 7.66. The summed E-state index contributed by atoms with van der Waals surface area (Å²) in [5, 5.41) is 11.6. The zero-order chi connectivity index (χ0) is 16.8. The van der Waals surface area contributed by atoms with Crippen LogP contribution >= 0.6 is 12.6 Å². The van der Waals surface area contributed by atoms with E-state index in [1.54, 1.807) is 0 Å². The summed E-state index contributed by atoms with van der Waals surface area (Å²) in [5.41, 5.74) is 0. The molecule has 0 heterocycles. The van der Waals surface area contributed by atoms with Crippen molar-refractivity contribution in [2.75, 3.05) is 39.2 Å². The molecule has 0 aromatic carbocycles. The minimum atomic E-state index is -0.912. The first kappa shape index (κ1) is 21.0. The predicted octanol–water partition coefficient (Wildman–Crippen LogP) is 0.336. The standard InChI is InChI=1S/C13H25NO7S/c1-3-10(8-15)21-12(18-2)9-20-13(17)19-6-4-11(16)14-5-7-22/h10,12,15,22H,3-9H2,1-2H3,(H,14,16). The molecule has 2 N–H and O–H groups in total. The van der Waals surface area contributed by atoms with Gasteiger partial charge in [0.1, 0.15) is 13.2 Å². The van der Waals surface area contributed by atoms with Gasteiger partial charge in [0, 0.05) is 19.4 Å². The SMILES string of the molecule is CCC(CO)OC(COC(=O)OCCC(=O)NCCS)OC. The highest BCUT2D eigenvalue weighted by molar-refractivity contribution is 7.80. The van der Waals surface area contributed by atoms with Crippen molar-refractivity contribution in [3.05, 3.63) is 0 Å². The molecule has 0 bridgehead atoms. The second kappa shape index (κ2) is 13.6. The van der Waals surface area contributed by atoms with Crippen LogP contribution in [-0.2, 0) is 23.7 Å². The molecule has 0 fully saturated rings. The molecule has 0 aromatic rings. The van der Waals surface area contributed by atoms with Gasteiger partial charge >= 0.3 is 6.16 Å². The third-order valence-corrected chi connectivity index (χ3v) is 2.81. The lowest BCUT2D eigenvalue weighted by Crippen LogP contribution is -2.31. The Bertz CT molecular complexity index is 313. The Morgan fingerprint density at radius 1 is 1.32 bits per heavy atom. The van der Waals surface area contributed by atoms with E-state index in [2.05, 4.69) is 17.9 Å². The highest BCUT2D eigenvalue weighted by Gasteiger charge is 2.17. The molecule has 2 atom stereocenters. The number of rotatable bonds is 12. The molecule has 1 amide bonds. The summed E-state index contributed by atoms with van der Waals surface area (Å²) in [6.45, 7) is 1.91. The van der Waals surface area contributed by atoms with Crippen LogP contribution in [0.1, 0.15) is 19.8 Å². The maximum Gasteiger partial charge on any atom is 0.508 e. The van der Waals surface area contributed by atoms with E-state index in [1.807, 2.05) is 6.92 Å². The summed E-state index contributed by atoms with van der Waals surface area (Å²) >= 11 is 3.95. The van der Waals surface area contributed by atoms with Gasteiger partial charge in [-0.25, -0.2) is 4.79 Å². The second-order valence-corrected chi connectivity index (χ2v) is 4.69. The molecule has 0 aliphatic carbocycles. The Morgan fingerprint density at radius 2 is 2.05 bits per heavy atom. The number of carbonyl (C=O) groups excluding carboxylic acids is 2. The molecule has 0 radical (unpaired) electrons. The van der Waals surface area contributed by atoms with E-state index in [0.29, 0.717) is 18.7 Å². The molecular weight excluding hydrogens is 314 g/mol. The van der Waals surface area contributed by atoms with Crippen LogP contribution in [0.15, 0.2) is 0 Å². The lowest BCUT2D eigenvalue weighted by atomic mass is 10.3. The fraction of sp³-hybridized carbons (Fsp3) is 0.846. The van der Waals surface area contributed by atoms with E-state index >= 15 is 0 Å². The van der Waals surface area contributed by atoms with Crippen molar-refractivity contribution in [3.8, 4) is 0 Å². The summed E-state index contributed by atoms with van der Waals surface area (Å²) in [6.07, 6.45) is -1.44. The van der Waals surface area contributed by atoms with Crippen molar-refractivity contribution in [1.29, 1.82) is 0 Å². The second-order valence-electron chi connectivity index (χ2n) is 4.25. The molecule has 130 valence electrons. The van der Waals surface area contributed by atoms with E-state index < -0.39 is 12.4 Å². The highest BCUT2D eigenvalue weighted by Crippen LogP contribution is 2.04. The Kier molecular flexibility index (Phi) is 13.0. The van der Waals surface area contributed by atoms with Crippen LogP contribution in [-0.4, -0.2) is 68.8 Å². The Hall–Kier alpha value is -1.03. The summed E-state index contributed by atoms with van der Waals surface area (Å²) < 4.78 is 19.9. The number of hydrogen-bond donors (Lipinski definition) is 3. The fourth-order valence-electron chi connectivity index (χ4n) is 1.33. The van der Waals surface area contributed by atoms with Gasteiger partial charge in [0.25, 0.3) is 0 Å². The number of aliphatic hydroxyl groups is 1. The number of carbonyl (C=O) groups is 2. The van der Waals surface area contributed by atoms with Crippen LogP contribution in [0.5, 0.6) is 0 Å². The number of methoxy groups -OCH3 is 1. The zero-order valence-electron chi connectivity index (χ0n) is 12.9. The molecule has 22 heavy (non-hydrogen) atoms. The van der Waals surface area contributed by atoms with E-state index in [1.165, 1.54) is 7.11 Å². The van der Waals surface area contributed by atoms with Gasteiger partial charge in [0.2, 0.25) is 5.91 Å². The van der Waals surface area contributed by atoms with Crippen molar-refractivity contribution in [2.45, 2.75) is 32.2 Å². The van der Waals surface area contributed by atoms with Crippen LogP contribution in [0, 0.1) is 0 Å². The minimum absolute atomic E-state index is 0.0511. The summed E-state index contributed by atoms with van der Waals surface area (Å²) in [5.74, 6) is 0.313. The van der Waals surface area contributed by atoms with Gasteiger partial charge in [-0.05, 0) is 6.42 Å². The molecular formula is C13H25NO7S. The number of aliphatic hydroxyl groups excluding tert-OH is 1. The van der Waals surface area contributed by atoms with Crippen molar-refractivity contribution >= 4 is 24.7 Å². The van der Waals surface area contributed by atoms with Gasteiger partial charge in [0.15, 0.2) is 6.29 Å². The zero-order valence-corrected chi connectivity index (χ0v) is 13.8. The van der Waals surface area contributed by atoms with Crippen LogP contribution in [0.3, 0.4) is 0 Å². The topological polar surface area (TPSA) is 103 Å². The third kappa shape index (κ3) is 10.7. The van der Waals surface area contributed by atoms with Gasteiger partial charge in [-0.2, -0.15) is 12.6 Å². The van der Waals surface area contributed by atoms with Gasteiger partial charge in [-0.1, -0.05) is 6.92 Å². The number of nitrogens with one attached hydrogen (secondary N) is 1. The predicted molar refractivity (Wildman–Crippen MR) is 81.8 cm³/mol. The van der Waals surface area contributed by atoms with Crippen LogP contribution in [0.25, 0.3) is 0 Å². The van der Waals surface area contributed by atoms with Crippen LogP contribution < -0.4 is 5.32 Å². The smallest absolute Gasteiger partial charge is 0.434 e. The molecule has 0 saturated carbocycles. The maximum absolute atomic E-state index is 11.3. The summed E-state index contributed by atoms with van der Waals surface area (Å²) in [4.78, 5) is 22.6. The fourth-order valence-corrected chi connectivity index (χ4v) is 1.45. The maximum atomic E-state index is 11.3. The van der Waals surface area contributed by atoms with E-state index in [4.69, 9.17) is 24.1 Å². The lowest BCUT2D eigenvalue weighted by Gasteiger charge is -2.21. The van der Waals surface area contributed by atoms with Gasteiger partial charge in [0.05, 0.1) is 19.1 Å². The molecule has 0 aromatic heterocycles. The first-order valence-electron chi connectivity index (χ1n) is 7.03. The van der Waals surface area contributed by atoms with Gasteiger partial charge in [-0.3, -0.25) is 4.79 Å². The number of amides is 1. The molecule has 0 saturated heterocycles. The average molecular weight is 339 g/mol. The quantitative estimate of drug-likeness (QED) is 0.267. The minimum Gasteiger partial charge on any atom is -0.434 e.